The zero-order valence-electron chi connectivity index (χ0n) is 9.41. The summed E-state index contributed by atoms with van der Waals surface area (Å²) in [5, 5.41) is 0. The number of ether oxygens (including phenoxy) is 1. The van der Waals surface area contributed by atoms with Crippen molar-refractivity contribution in [2.45, 2.75) is 39.0 Å². The van der Waals surface area contributed by atoms with Gasteiger partial charge in [0.05, 0.1) is 7.11 Å². The number of carbonyl (C=O) groups excluding carboxylic acids is 2. The van der Waals surface area contributed by atoms with E-state index < -0.39 is 5.92 Å². The fourth-order valence-corrected chi connectivity index (χ4v) is 3.37. The lowest BCUT2D eigenvalue weighted by atomic mass is 9.67. The molecule has 2 fully saturated rings. The van der Waals surface area contributed by atoms with Crippen molar-refractivity contribution in [1.29, 1.82) is 0 Å². The fraction of sp³-hybridized carbons (Fsp3) is 0.833. The topological polar surface area (TPSA) is 43.4 Å². The van der Waals surface area contributed by atoms with E-state index in [1.165, 1.54) is 13.5 Å². The summed E-state index contributed by atoms with van der Waals surface area (Å²) in [6.07, 6.45) is 4.98. The van der Waals surface area contributed by atoms with Gasteiger partial charge in [0.1, 0.15) is 11.7 Å². The van der Waals surface area contributed by atoms with E-state index in [4.69, 9.17) is 4.74 Å². The number of fused-ring (bicyclic) bond motifs is 1. The van der Waals surface area contributed by atoms with E-state index in [0.29, 0.717) is 6.42 Å². The van der Waals surface area contributed by atoms with Gasteiger partial charge in [0.2, 0.25) is 0 Å². The Morgan fingerprint density at radius 2 is 2.20 bits per heavy atom. The highest BCUT2D eigenvalue weighted by Gasteiger charge is 2.54. The van der Waals surface area contributed by atoms with Crippen LogP contribution in [0, 0.1) is 17.3 Å². The average molecular weight is 210 g/mol. The van der Waals surface area contributed by atoms with Gasteiger partial charge in [-0.05, 0) is 24.2 Å². The van der Waals surface area contributed by atoms with Crippen LogP contribution in [0.25, 0.3) is 0 Å². The molecular weight excluding hydrogens is 192 g/mol. The van der Waals surface area contributed by atoms with Gasteiger partial charge < -0.3 is 4.74 Å². The molecule has 3 atom stereocenters. The molecule has 0 aromatic carbocycles. The molecule has 0 spiro atoms. The summed E-state index contributed by atoms with van der Waals surface area (Å²) < 4.78 is 4.74. The lowest BCUT2D eigenvalue weighted by Crippen LogP contribution is -2.33. The van der Waals surface area contributed by atoms with Crippen molar-refractivity contribution < 1.29 is 14.3 Å². The van der Waals surface area contributed by atoms with Gasteiger partial charge in [0.15, 0.2) is 0 Å². The normalized spacial score (nSPS) is 40.0. The Kier molecular flexibility index (Phi) is 2.57. The van der Waals surface area contributed by atoms with Crippen molar-refractivity contribution in [1.82, 2.24) is 0 Å². The number of carbonyl (C=O) groups is 2. The highest BCUT2D eigenvalue weighted by atomic mass is 16.5. The van der Waals surface area contributed by atoms with Crippen molar-refractivity contribution in [2.24, 2.45) is 17.3 Å². The molecule has 0 unspecified atom stereocenters. The summed E-state index contributed by atoms with van der Waals surface area (Å²) in [7, 11) is 1.37. The van der Waals surface area contributed by atoms with E-state index in [1.807, 2.05) is 0 Å². The molecule has 0 radical (unpaired) electrons. The van der Waals surface area contributed by atoms with Crippen molar-refractivity contribution in [3.05, 3.63) is 0 Å². The monoisotopic (exact) mass is 210 g/mol. The molecule has 0 amide bonds. The van der Waals surface area contributed by atoms with Gasteiger partial charge in [-0.25, -0.2) is 0 Å². The van der Waals surface area contributed by atoms with Crippen molar-refractivity contribution in [3.63, 3.8) is 0 Å². The minimum Gasteiger partial charge on any atom is -0.468 e. The second-order valence-electron chi connectivity index (χ2n) is 5.15. The van der Waals surface area contributed by atoms with Crippen LogP contribution in [0.4, 0.5) is 0 Å². The van der Waals surface area contributed by atoms with Gasteiger partial charge in [-0.15, -0.1) is 0 Å². The van der Waals surface area contributed by atoms with Gasteiger partial charge in [0, 0.05) is 6.42 Å². The number of hydrogen-bond donors (Lipinski definition) is 0. The zero-order valence-corrected chi connectivity index (χ0v) is 9.41. The van der Waals surface area contributed by atoms with Gasteiger partial charge in [-0.2, -0.15) is 0 Å². The second kappa shape index (κ2) is 3.62. The van der Waals surface area contributed by atoms with Crippen LogP contribution >= 0.6 is 0 Å². The molecule has 84 valence electrons. The number of hydrogen-bond acceptors (Lipinski definition) is 3. The first-order valence-electron chi connectivity index (χ1n) is 5.69. The van der Waals surface area contributed by atoms with Gasteiger partial charge >= 0.3 is 5.97 Å². The van der Waals surface area contributed by atoms with E-state index in [0.717, 1.165) is 19.3 Å². The number of Topliss-reactive ketones (excluding diaryl/α,β-unsaturated/α-hetero) is 1. The van der Waals surface area contributed by atoms with Crippen molar-refractivity contribution in [2.75, 3.05) is 7.11 Å². The Morgan fingerprint density at radius 1 is 1.47 bits per heavy atom. The molecule has 2 aliphatic rings. The molecule has 2 rings (SSSR count). The Bertz CT molecular complexity index is 297. The fourth-order valence-electron chi connectivity index (χ4n) is 3.37. The van der Waals surface area contributed by atoms with E-state index in [2.05, 4.69) is 6.92 Å². The summed E-state index contributed by atoms with van der Waals surface area (Å²) in [4.78, 5) is 23.4. The quantitative estimate of drug-likeness (QED) is 0.490. The summed E-state index contributed by atoms with van der Waals surface area (Å²) in [5.74, 6) is -0.474. The highest BCUT2D eigenvalue weighted by molar-refractivity contribution is 6.01. The van der Waals surface area contributed by atoms with Crippen LogP contribution < -0.4 is 0 Å². The Balaban J connectivity index is 2.25. The molecule has 2 aliphatic carbocycles. The zero-order chi connectivity index (χ0) is 11.1. The largest absolute Gasteiger partial charge is 0.468 e. The maximum atomic E-state index is 11.8. The summed E-state index contributed by atoms with van der Waals surface area (Å²) in [5.41, 5.74) is 0.0637. The molecule has 0 saturated heterocycles. The number of methoxy groups -OCH3 is 1. The third kappa shape index (κ3) is 1.58. The van der Waals surface area contributed by atoms with E-state index in [9.17, 15) is 9.59 Å². The van der Waals surface area contributed by atoms with Gasteiger partial charge in [-0.1, -0.05) is 19.8 Å². The third-order valence-electron chi connectivity index (χ3n) is 4.19. The van der Waals surface area contributed by atoms with Gasteiger partial charge in [0.25, 0.3) is 0 Å². The van der Waals surface area contributed by atoms with E-state index >= 15 is 0 Å². The van der Waals surface area contributed by atoms with Crippen LogP contribution in [-0.2, 0) is 14.3 Å². The second-order valence-corrected chi connectivity index (χ2v) is 5.15. The smallest absolute Gasteiger partial charge is 0.316 e. The van der Waals surface area contributed by atoms with Crippen LogP contribution in [-0.4, -0.2) is 18.9 Å². The average Bonchev–Trinajstić information content (AvgIpc) is 2.47. The minimum atomic E-state index is -0.472. The SMILES string of the molecule is COC(=O)[C@@H]1C(=O)C[C@@]2(C)CCCC[C@H]12. The van der Waals surface area contributed by atoms with E-state index in [1.54, 1.807) is 0 Å². The molecule has 0 N–H and O–H groups in total. The van der Waals surface area contributed by atoms with E-state index in [-0.39, 0.29) is 23.1 Å². The first-order chi connectivity index (χ1) is 7.08. The number of esters is 1. The molecule has 0 aliphatic heterocycles. The summed E-state index contributed by atoms with van der Waals surface area (Å²) in [6.45, 7) is 2.15. The van der Waals surface area contributed by atoms with Crippen LogP contribution in [0.2, 0.25) is 0 Å². The Hall–Kier alpha value is -0.860. The third-order valence-corrected chi connectivity index (χ3v) is 4.19. The molecule has 0 heterocycles. The molecule has 0 bridgehead atoms. The highest BCUT2D eigenvalue weighted by Crippen LogP contribution is 2.53. The first kappa shape index (κ1) is 10.7. The molecule has 2 saturated carbocycles. The standard InChI is InChI=1S/C12H18O3/c1-12-6-4-3-5-8(12)10(9(13)7-12)11(14)15-2/h8,10H,3-7H2,1-2H3/t8-,10+,12-/m1/s1. The summed E-state index contributed by atoms with van der Waals surface area (Å²) >= 11 is 0. The van der Waals surface area contributed by atoms with Crippen molar-refractivity contribution in [3.8, 4) is 0 Å². The van der Waals surface area contributed by atoms with Crippen molar-refractivity contribution >= 4 is 11.8 Å². The lowest BCUT2D eigenvalue weighted by Gasteiger charge is -2.36. The minimum absolute atomic E-state index is 0.0637. The van der Waals surface area contributed by atoms with Crippen LogP contribution in [0.5, 0.6) is 0 Å². The molecule has 3 heteroatoms. The predicted octanol–water partition coefficient (Wildman–Crippen LogP) is 1.94. The lowest BCUT2D eigenvalue weighted by molar-refractivity contribution is -0.150. The molecule has 0 aromatic heterocycles. The molecule has 0 aromatic rings. The molecule has 3 nitrogen and oxygen atoms in total. The van der Waals surface area contributed by atoms with Gasteiger partial charge in [-0.3, -0.25) is 9.59 Å². The number of rotatable bonds is 1. The maximum absolute atomic E-state index is 11.8. The number of ketones is 1. The van der Waals surface area contributed by atoms with Crippen LogP contribution in [0.3, 0.4) is 0 Å². The van der Waals surface area contributed by atoms with Crippen LogP contribution in [0.15, 0.2) is 0 Å². The van der Waals surface area contributed by atoms with Crippen LogP contribution in [0.1, 0.15) is 39.0 Å². The predicted molar refractivity (Wildman–Crippen MR) is 55.2 cm³/mol. The summed E-state index contributed by atoms with van der Waals surface area (Å²) in [6, 6.07) is 0. The Morgan fingerprint density at radius 3 is 2.87 bits per heavy atom. The molecule has 15 heavy (non-hydrogen) atoms. The first-order valence-corrected chi connectivity index (χ1v) is 5.69. The Labute approximate surface area is 90.2 Å². The maximum Gasteiger partial charge on any atom is 0.316 e. The molecular formula is C12H18O3.